The smallest absolute Gasteiger partial charge is 0.163 e. The molecule has 0 N–H and O–H groups in total. The van der Waals surface area contributed by atoms with Gasteiger partial charge in [-0.15, -0.1) is 0 Å². The van der Waals surface area contributed by atoms with Gasteiger partial charge in [0.2, 0.25) is 0 Å². The van der Waals surface area contributed by atoms with Crippen LogP contribution < -0.4 is 0 Å². The van der Waals surface area contributed by atoms with Crippen molar-refractivity contribution in [3.8, 4) is 0 Å². The zero-order valence-electron chi connectivity index (χ0n) is 10.7. The predicted molar refractivity (Wildman–Crippen MR) is 71.6 cm³/mol. The molecule has 1 aromatic rings. The van der Waals surface area contributed by atoms with Gasteiger partial charge in [-0.3, -0.25) is 9.59 Å². The third-order valence-electron chi connectivity index (χ3n) is 3.75. The molecule has 2 nitrogen and oxygen atoms in total. The lowest BCUT2D eigenvalue weighted by Gasteiger charge is -2.19. The highest BCUT2D eigenvalue weighted by Crippen LogP contribution is 2.25. The summed E-state index contributed by atoms with van der Waals surface area (Å²) in [5.74, 6) is 0.598. The monoisotopic (exact) mass is 244 g/mol. The van der Waals surface area contributed by atoms with E-state index in [0.29, 0.717) is 24.2 Å². The van der Waals surface area contributed by atoms with Crippen LogP contribution in [-0.4, -0.2) is 11.6 Å². The Morgan fingerprint density at radius 1 is 0.944 bits per heavy atom. The molecule has 2 rings (SSSR count). The van der Waals surface area contributed by atoms with Crippen LogP contribution in [-0.2, 0) is 4.79 Å². The number of rotatable bonds is 5. The van der Waals surface area contributed by atoms with Crippen LogP contribution in [0.5, 0.6) is 0 Å². The number of ketones is 2. The Balaban J connectivity index is 1.80. The van der Waals surface area contributed by atoms with Crippen molar-refractivity contribution in [3.05, 3.63) is 35.9 Å². The lowest BCUT2D eigenvalue weighted by Crippen LogP contribution is -2.18. The maximum absolute atomic E-state index is 12.0. The van der Waals surface area contributed by atoms with Crippen LogP contribution in [0.2, 0.25) is 0 Å². The molecule has 0 aromatic heterocycles. The maximum Gasteiger partial charge on any atom is 0.163 e. The van der Waals surface area contributed by atoms with Crippen molar-refractivity contribution in [2.45, 2.75) is 44.9 Å². The molecule has 0 bridgehead atoms. The van der Waals surface area contributed by atoms with Gasteiger partial charge in [-0.2, -0.15) is 0 Å². The van der Waals surface area contributed by atoms with E-state index in [2.05, 4.69) is 0 Å². The second-order valence-electron chi connectivity index (χ2n) is 5.09. The Bertz CT molecular complexity index is 402. The minimum atomic E-state index is 0.0831. The molecule has 0 amide bonds. The Morgan fingerprint density at radius 2 is 1.61 bits per heavy atom. The van der Waals surface area contributed by atoms with E-state index in [1.807, 2.05) is 30.3 Å². The number of Topliss-reactive ketones (excluding diaryl/α,β-unsaturated/α-hetero) is 2. The van der Waals surface area contributed by atoms with E-state index in [9.17, 15) is 9.59 Å². The summed E-state index contributed by atoms with van der Waals surface area (Å²) in [4.78, 5) is 23.9. The van der Waals surface area contributed by atoms with Crippen LogP contribution >= 0.6 is 0 Å². The van der Waals surface area contributed by atoms with Crippen molar-refractivity contribution in [3.63, 3.8) is 0 Å². The summed E-state index contributed by atoms with van der Waals surface area (Å²) in [5.41, 5.74) is 0.717. The number of carbonyl (C=O) groups is 2. The molecule has 0 heterocycles. The first-order valence-electron chi connectivity index (χ1n) is 6.88. The van der Waals surface area contributed by atoms with Crippen LogP contribution in [0.3, 0.4) is 0 Å². The number of benzene rings is 1. The highest BCUT2D eigenvalue weighted by molar-refractivity contribution is 5.98. The van der Waals surface area contributed by atoms with E-state index in [1.54, 1.807) is 0 Å². The molecular formula is C16H20O2. The van der Waals surface area contributed by atoms with E-state index < -0.39 is 0 Å². The molecule has 1 saturated carbocycles. The van der Waals surface area contributed by atoms with Gasteiger partial charge in [0.25, 0.3) is 0 Å². The zero-order chi connectivity index (χ0) is 12.8. The van der Waals surface area contributed by atoms with Gasteiger partial charge >= 0.3 is 0 Å². The van der Waals surface area contributed by atoms with Gasteiger partial charge in [-0.05, 0) is 12.8 Å². The molecule has 0 spiro atoms. The Hall–Kier alpha value is -1.44. The number of carbonyl (C=O) groups excluding carboxylic acids is 2. The molecule has 1 fully saturated rings. The molecule has 0 aliphatic heterocycles. The minimum absolute atomic E-state index is 0.0831. The molecule has 0 radical (unpaired) electrons. The molecule has 2 heteroatoms. The SMILES string of the molecule is O=C(CCC(=O)C1CCCCC1)c1ccccc1. The van der Waals surface area contributed by atoms with E-state index in [-0.39, 0.29) is 11.7 Å². The van der Waals surface area contributed by atoms with Crippen molar-refractivity contribution in [1.29, 1.82) is 0 Å². The van der Waals surface area contributed by atoms with Gasteiger partial charge in [0.15, 0.2) is 5.78 Å². The summed E-state index contributed by atoms with van der Waals surface area (Å²) in [6, 6.07) is 9.23. The molecule has 1 aromatic carbocycles. The van der Waals surface area contributed by atoms with Crippen LogP contribution in [0.25, 0.3) is 0 Å². The van der Waals surface area contributed by atoms with Crippen molar-refractivity contribution in [1.82, 2.24) is 0 Å². The average molecular weight is 244 g/mol. The Morgan fingerprint density at radius 3 is 2.28 bits per heavy atom. The lowest BCUT2D eigenvalue weighted by atomic mass is 9.84. The standard InChI is InChI=1S/C16H20O2/c17-15(13-7-3-1-4-8-13)11-12-16(18)14-9-5-2-6-10-14/h1,3-4,7-8,14H,2,5-6,9-12H2. The summed E-state index contributed by atoms with van der Waals surface area (Å²) < 4.78 is 0. The summed E-state index contributed by atoms with van der Waals surface area (Å²) in [7, 11) is 0. The summed E-state index contributed by atoms with van der Waals surface area (Å²) in [6.45, 7) is 0. The van der Waals surface area contributed by atoms with Crippen molar-refractivity contribution in [2.24, 2.45) is 5.92 Å². The Kier molecular flexibility index (Phi) is 4.68. The van der Waals surface area contributed by atoms with Crippen molar-refractivity contribution >= 4 is 11.6 Å². The van der Waals surface area contributed by atoms with Gasteiger partial charge < -0.3 is 0 Å². The second-order valence-corrected chi connectivity index (χ2v) is 5.09. The summed E-state index contributed by atoms with van der Waals surface area (Å²) >= 11 is 0. The fourth-order valence-electron chi connectivity index (χ4n) is 2.63. The molecule has 18 heavy (non-hydrogen) atoms. The lowest BCUT2D eigenvalue weighted by molar-refractivity contribution is -0.123. The zero-order valence-corrected chi connectivity index (χ0v) is 10.7. The summed E-state index contributed by atoms with van der Waals surface area (Å²) in [5, 5.41) is 0. The highest BCUT2D eigenvalue weighted by atomic mass is 16.1. The molecule has 0 saturated heterocycles. The number of hydrogen-bond acceptors (Lipinski definition) is 2. The van der Waals surface area contributed by atoms with E-state index in [4.69, 9.17) is 0 Å². The highest BCUT2D eigenvalue weighted by Gasteiger charge is 2.21. The molecule has 1 aliphatic rings. The number of hydrogen-bond donors (Lipinski definition) is 0. The van der Waals surface area contributed by atoms with Gasteiger partial charge in [-0.25, -0.2) is 0 Å². The molecule has 1 aliphatic carbocycles. The van der Waals surface area contributed by atoms with Crippen LogP contribution in [0, 0.1) is 5.92 Å². The topological polar surface area (TPSA) is 34.1 Å². The quantitative estimate of drug-likeness (QED) is 0.738. The fraction of sp³-hybridized carbons (Fsp3) is 0.500. The van der Waals surface area contributed by atoms with Crippen LogP contribution in [0.1, 0.15) is 55.3 Å². The first-order chi connectivity index (χ1) is 8.77. The van der Waals surface area contributed by atoms with Gasteiger partial charge in [0.05, 0.1) is 0 Å². The average Bonchev–Trinajstić information content (AvgIpc) is 2.46. The Labute approximate surface area is 108 Å². The summed E-state index contributed by atoms with van der Waals surface area (Å²) in [6.07, 6.45) is 6.42. The van der Waals surface area contributed by atoms with Crippen molar-refractivity contribution in [2.75, 3.05) is 0 Å². The van der Waals surface area contributed by atoms with E-state index >= 15 is 0 Å². The van der Waals surface area contributed by atoms with E-state index in [0.717, 1.165) is 12.8 Å². The first kappa shape index (κ1) is 13.0. The second kappa shape index (κ2) is 6.48. The van der Waals surface area contributed by atoms with Crippen molar-refractivity contribution < 1.29 is 9.59 Å². The largest absolute Gasteiger partial charge is 0.299 e. The first-order valence-corrected chi connectivity index (χ1v) is 6.88. The third kappa shape index (κ3) is 3.52. The molecule has 0 atom stereocenters. The fourth-order valence-corrected chi connectivity index (χ4v) is 2.63. The third-order valence-corrected chi connectivity index (χ3v) is 3.75. The van der Waals surface area contributed by atoms with Gasteiger partial charge in [0, 0.05) is 24.3 Å². The van der Waals surface area contributed by atoms with Gasteiger partial charge in [0.1, 0.15) is 5.78 Å². The maximum atomic E-state index is 12.0. The van der Waals surface area contributed by atoms with Crippen LogP contribution in [0.4, 0.5) is 0 Å². The predicted octanol–water partition coefficient (Wildman–Crippen LogP) is 3.80. The van der Waals surface area contributed by atoms with Crippen LogP contribution in [0.15, 0.2) is 30.3 Å². The minimum Gasteiger partial charge on any atom is -0.299 e. The van der Waals surface area contributed by atoms with Gasteiger partial charge in [-0.1, -0.05) is 49.6 Å². The molecule has 96 valence electrons. The molecular weight excluding hydrogens is 224 g/mol. The normalized spacial score (nSPS) is 16.4. The molecule has 0 unspecified atom stereocenters. The van der Waals surface area contributed by atoms with E-state index in [1.165, 1.54) is 19.3 Å².